The van der Waals surface area contributed by atoms with Crippen molar-refractivity contribution in [3.05, 3.63) is 92.2 Å². The Labute approximate surface area is 223 Å². The molecule has 0 N–H and O–H groups in total. The molecule has 0 amide bonds. The number of aromatic nitrogens is 2. The van der Waals surface area contributed by atoms with E-state index in [1.165, 1.54) is 10.4 Å². The topological polar surface area (TPSA) is 119 Å². The molecule has 0 atom stereocenters. The SMILES string of the molecule is CCS(=O)(=O)N1CCN(c2ccc([N+](=O)[O-])c(-n3nc(-c4ccc(Cl)cc4)c4ccccc4c3=O)c2)CC1. The van der Waals surface area contributed by atoms with Gasteiger partial charge in [-0.15, -0.1) is 0 Å². The largest absolute Gasteiger partial charge is 0.369 e. The van der Waals surface area contributed by atoms with E-state index in [0.29, 0.717) is 58.9 Å². The van der Waals surface area contributed by atoms with E-state index in [9.17, 15) is 23.3 Å². The van der Waals surface area contributed by atoms with E-state index in [4.69, 9.17) is 11.6 Å². The smallest absolute Gasteiger partial charge is 0.295 e. The highest BCUT2D eigenvalue weighted by atomic mass is 35.5. The number of nitro groups is 1. The lowest BCUT2D eigenvalue weighted by molar-refractivity contribution is -0.384. The number of rotatable bonds is 6. The van der Waals surface area contributed by atoms with Crippen LogP contribution in [-0.4, -0.2) is 59.4 Å². The molecule has 10 nitrogen and oxygen atoms in total. The van der Waals surface area contributed by atoms with Gasteiger partial charge in [-0.1, -0.05) is 41.9 Å². The van der Waals surface area contributed by atoms with Crippen LogP contribution in [0.3, 0.4) is 0 Å². The van der Waals surface area contributed by atoms with Crippen molar-refractivity contribution in [1.29, 1.82) is 0 Å². The maximum absolute atomic E-state index is 13.6. The summed E-state index contributed by atoms with van der Waals surface area (Å²) >= 11 is 6.07. The van der Waals surface area contributed by atoms with Crippen LogP contribution < -0.4 is 10.5 Å². The van der Waals surface area contributed by atoms with Crippen molar-refractivity contribution in [3.8, 4) is 16.9 Å². The normalized spacial score (nSPS) is 14.6. The Hall–Kier alpha value is -3.80. The summed E-state index contributed by atoms with van der Waals surface area (Å²) in [7, 11) is -3.30. The van der Waals surface area contributed by atoms with Crippen LogP contribution in [0.15, 0.2) is 71.5 Å². The molecular formula is C26H24ClN5O5S. The van der Waals surface area contributed by atoms with Crippen LogP contribution in [-0.2, 0) is 10.0 Å². The third kappa shape index (κ3) is 4.75. The first-order valence-corrected chi connectivity index (χ1v) is 14.0. The number of anilines is 1. The van der Waals surface area contributed by atoms with Crippen molar-refractivity contribution in [1.82, 2.24) is 14.1 Å². The summed E-state index contributed by atoms with van der Waals surface area (Å²) in [6, 6.07) is 18.5. The fourth-order valence-corrected chi connectivity index (χ4v) is 5.82. The molecule has 2 heterocycles. The first kappa shape index (κ1) is 25.8. The van der Waals surface area contributed by atoms with E-state index in [0.717, 1.165) is 4.68 Å². The van der Waals surface area contributed by atoms with Crippen LogP contribution in [0.1, 0.15) is 6.92 Å². The van der Waals surface area contributed by atoms with Crippen molar-refractivity contribution in [2.45, 2.75) is 6.92 Å². The number of benzene rings is 3. The van der Waals surface area contributed by atoms with Gasteiger partial charge in [-0.05, 0) is 37.3 Å². The summed E-state index contributed by atoms with van der Waals surface area (Å²) < 4.78 is 27.0. The first-order chi connectivity index (χ1) is 18.2. The second-order valence-electron chi connectivity index (χ2n) is 8.83. The minimum Gasteiger partial charge on any atom is -0.369 e. The average molecular weight is 554 g/mol. The van der Waals surface area contributed by atoms with Gasteiger partial charge < -0.3 is 4.90 Å². The highest BCUT2D eigenvalue weighted by molar-refractivity contribution is 7.89. The quantitative estimate of drug-likeness (QED) is 0.260. The Morgan fingerprint density at radius 2 is 1.63 bits per heavy atom. The van der Waals surface area contributed by atoms with Crippen molar-refractivity contribution in [3.63, 3.8) is 0 Å². The third-order valence-electron chi connectivity index (χ3n) is 6.67. The predicted molar refractivity (Wildman–Crippen MR) is 148 cm³/mol. The van der Waals surface area contributed by atoms with Gasteiger partial charge in [0.25, 0.3) is 11.2 Å². The molecule has 1 fully saturated rings. The van der Waals surface area contributed by atoms with Crippen molar-refractivity contribution in [2.75, 3.05) is 36.8 Å². The summed E-state index contributed by atoms with van der Waals surface area (Å²) in [5.41, 5.74) is 1.09. The minimum atomic E-state index is -3.30. The van der Waals surface area contributed by atoms with Gasteiger partial charge in [0, 0.05) is 53.9 Å². The Balaban J connectivity index is 1.64. The van der Waals surface area contributed by atoms with Crippen molar-refractivity contribution < 1.29 is 13.3 Å². The molecule has 0 unspecified atom stereocenters. The van der Waals surface area contributed by atoms with Crippen LogP contribution in [0, 0.1) is 10.1 Å². The van der Waals surface area contributed by atoms with E-state index < -0.39 is 20.5 Å². The van der Waals surface area contributed by atoms with Gasteiger partial charge in [-0.2, -0.15) is 14.1 Å². The molecule has 38 heavy (non-hydrogen) atoms. The number of sulfonamides is 1. The maximum atomic E-state index is 13.6. The van der Waals surface area contributed by atoms with Gasteiger partial charge in [-0.3, -0.25) is 14.9 Å². The number of piperazine rings is 1. The number of hydrogen-bond acceptors (Lipinski definition) is 7. The molecule has 0 spiro atoms. The molecule has 0 radical (unpaired) electrons. The number of hydrogen-bond donors (Lipinski definition) is 0. The van der Waals surface area contributed by atoms with E-state index in [2.05, 4.69) is 5.10 Å². The van der Waals surface area contributed by atoms with Crippen LogP contribution in [0.2, 0.25) is 5.02 Å². The third-order valence-corrected chi connectivity index (χ3v) is 8.80. The lowest BCUT2D eigenvalue weighted by atomic mass is 10.0. The molecular weight excluding hydrogens is 530 g/mol. The summed E-state index contributed by atoms with van der Waals surface area (Å²) in [4.78, 5) is 27.0. The van der Waals surface area contributed by atoms with Gasteiger partial charge in [0.15, 0.2) is 0 Å². The summed E-state index contributed by atoms with van der Waals surface area (Å²) in [6.45, 7) is 3.03. The first-order valence-electron chi connectivity index (χ1n) is 12.0. The molecule has 1 aliphatic heterocycles. The molecule has 4 aromatic rings. The minimum absolute atomic E-state index is 0.0290. The average Bonchev–Trinajstić information content (AvgIpc) is 2.94. The molecule has 1 aromatic heterocycles. The second kappa shape index (κ2) is 10.2. The maximum Gasteiger partial charge on any atom is 0.295 e. The zero-order chi connectivity index (χ0) is 27.0. The molecule has 196 valence electrons. The lowest BCUT2D eigenvalue weighted by Crippen LogP contribution is -2.49. The fourth-order valence-electron chi connectivity index (χ4n) is 4.61. The second-order valence-corrected chi connectivity index (χ2v) is 11.5. The van der Waals surface area contributed by atoms with Gasteiger partial charge in [0.05, 0.1) is 21.8 Å². The highest BCUT2D eigenvalue weighted by Gasteiger charge is 2.27. The van der Waals surface area contributed by atoms with Gasteiger partial charge in [0.2, 0.25) is 10.0 Å². The molecule has 0 aliphatic carbocycles. The number of fused-ring (bicyclic) bond motifs is 1. The van der Waals surface area contributed by atoms with Crippen molar-refractivity contribution >= 4 is 43.8 Å². The van der Waals surface area contributed by atoms with Crippen LogP contribution in [0.4, 0.5) is 11.4 Å². The predicted octanol–water partition coefficient (Wildman–Crippen LogP) is 4.09. The van der Waals surface area contributed by atoms with E-state index in [1.807, 2.05) is 4.90 Å². The van der Waals surface area contributed by atoms with E-state index in [-0.39, 0.29) is 17.1 Å². The number of halogens is 1. The van der Waals surface area contributed by atoms with E-state index >= 15 is 0 Å². The molecule has 3 aromatic carbocycles. The molecule has 5 rings (SSSR count). The zero-order valence-corrected chi connectivity index (χ0v) is 22.0. The Kier molecular flexibility index (Phi) is 6.91. The van der Waals surface area contributed by atoms with Crippen molar-refractivity contribution in [2.24, 2.45) is 0 Å². The summed E-state index contributed by atoms with van der Waals surface area (Å²) in [5, 5.41) is 18.1. The van der Waals surface area contributed by atoms with Gasteiger partial charge in [0.1, 0.15) is 5.69 Å². The summed E-state index contributed by atoms with van der Waals surface area (Å²) in [6.07, 6.45) is 0. The molecule has 1 saturated heterocycles. The Morgan fingerprint density at radius 3 is 2.26 bits per heavy atom. The highest BCUT2D eigenvalue weighted by Crippen LogP contribution is 2.31. The Bertz CT molecular complexity index is 1700. The van der Waals surface area contributed by atoms with Gasteiger partial charge in [-0.25, -0.2) is 8.42 Å². The number of nitro benzene ring substituents is 1. The van der Waals surface area contributed by atoms with Gasteiger partial charge >= 0.3 is 0 Å². The molecule has 12 heteroatoms. The molecule has 0 saturated carbocycles. The molecule has 0 bridgehead atoms. The lowest BCUT2D eigenvalue weighted by Gasteiger charge is -2.35. The van der Waals surface area contributed by atoms with Crippen LogP contribution in [0.25, 0.3) is 27.7 Å². The monoisotopic (exact) mass is 553 g/mol. The summed E-state index contributed by atoms with van der Waals surface area (Å²) in [5.74, 6) is 0.0290. The standard InChI is InChI=1S/C26H24ClN5O5S/c1-2-38(36,37)30-15-13-29(14-16-30)20-11-12-23(32(34)35)24(17-20)31-26(33)22-6-4-3-5-21(22)25(28-31)18-7-9-19(27)10-8-18/h3-12,17H,2,13-16H2,1H3. The van der Waals surface area contributed by atoms with Crippen LogP contribution in [0.5, 0.6) is 0 Å². The number of nitrogens with zero attached hydrogens (tertiary/aromatic N) is 5. The zero-order valence-electron chi connectivity index (χ0n) is 20.4. The fraction of sp³-hybridized carbons (Fsp3) is 0.231. The molecule has 1 aliphatic rings. The van der Waals surface area contributed by atoms with E-state index in [1.54, 1.807) is 67.6 Å². The Morgan fingerprint density at radius 1 is 0.974 bits per heavy atom. The van der Waals surface area contributed by atoms with Crippen LogP contribution >= 0.6 is 11.6 Å².